The number of aromatic nitrogens is 2. The molecule has 0 N–H and O–H groups in total. The van der Waals surface area contributed by atoms with Crippen molar-refractivity contribution in [2.45, 2.75) is 33.9 Å². The Morgan fingerprint density at radius 2 is 0.703 bits per heavy atom. The monoisotopic (exact) mass is 962 g/mol. The Hall–Kier alpha value is -9.43. The molecule has 12 rings (SSSR count). The van der Waals surface area contributed by atoms with Crippen LogP contribution in [0, 0.1) is 50.4 Å². The standard InChI is InChI=1S/C67H45F3N4/c1-40-14-5-9-19-50(40)45-24-28-59-54(34-45)55-35-46(51-20-10-6-15-41(51)2)25-29-60(55)73(59)63-32-44(38-71)33-64(66(63)65-49(39-72)18-13-23-58(65)67(68,69)70)74-61-30-26-47(52-21-11-7-16-42(52)3)36-56(61)57-37-48(27-31-62(57)74)53-22-12-8-17-43(53)4/h5-37H,1-4H3. The van der Waals surface area contributed by atoms with E-state index in [1.54, 1.807) is 12.1 Å². The van der Waals surface area contributed by atoms with E-state index in [0.29, 0.717) is 11.4 Å². The minimum absolute atomic E-state index is 0.152. The van der Waals surface area contributed by atoms with E-state index in [4.69, 9.17) is 0 Å². The number of nitrogens with zero attached hydrogens (tertiary/aromatic N) is 4. The van der Waals surface area contributed by atoms with E-state index in [1.807, 2.05) is 106 Å². The Morgan fingerprint density at radius 1 is 0.365 bits per heavy atom. The third-order valence-corrected chi connectivity index (χ3v) is 14.8. The number of benzene rings is 10. The molecular formula is C67H45F3N4. The summed E-state index contributed by atoms with van der Waals surface area (Å²) in [6.45, 7) is 8.30. The minimum Gasteiger partial charge on any atom is -0.308 e. The van der Waals surface area contributed by atoms with Gasteiger partial charge in [-0.2, -0.15) is 23.7 Å². The molecule has 0 aliphatic heterocycles. The Labute approximate surface area is 426 Å². The van der Waals surface area contributed by atoms with Gasteiger partial charge in [0, 0.05) is 32.7 Å². The molecule has 0 unspecified atom stereocenters. The van der Waals surface area contributed by atoms with Crippen LogP contribution < -0.4 is 0 Å². The SMILES string of the molecule is Cc1ccccc1-c1ccc2c(c1)c1cc(-c3ccccc3C)ccc1n2-c1cc(C#N)cc(-n2c3ccc(-c4ccccc4C)cc3c3cc(-c4ccccc4C)ccc32)c1-c1c(C#N)cccc1C(F)(F)F. The van der Waals surface area contributed by atoms with Gasteiger partial charge in [-0.25, -0.2) is 0 Å². The van der Waals surface area contributed by atoms with E-state index in [2.05, 4.69) is 113 Å². The van der Waals surface area contributed by atoms with E-state index in [0.717, 1.165) is 116 Å². The van der Waals surface area contributed by atoms with Gasteiger partial charge in [0.05, 0.1) is 62.3 Å². The average molecular weight is 963 g/mol. The second-order valence-corrected chi connectivity index (χ2v) is 19.2. The number of aryl methyl sites for hydroxylation is 4. The van der Waals surface area contributed by atoms with Crippen LogP contribution in [0.25, 0.3) is 111 Å². The summed E-state index contributed by atoms with van der Waals surface area (Å²) in [5.41, 5.74) is 15.1. The van der Waals surface area contributed by atoms with Gasteiger partial charge in [-0.05, 0) is 167 Å². The van der Waals surface area contributed by atoms with Gasteiger partial charge in [0.25, 0.3) is 0 Å². The van der Waals surface area contributed by atoms with Crippen molar-refractivity contribution in [3.8, 4) is 79.1 Å². The van der Waals surface area contributed by atoms with Gasteiger partial charge < -0.3 is 9.13 Å². The highest BCUT2D eigenvalue weighted by Crippen LogP contribution is 2.49. The van der Waals surface area contributed by atoms with E-state index in [1.165, 1.54) is 12.1 Å². The topological polar surface area (TPSA) is 57.4 Å². The molecule has 0 bridgehead atoms. The van der Waals surface area contributed by atoms with Gasteiger partial charge in [0.15, 0.2) is 0 Å². The van der Waals surface area contributed by atoms with Crippen LogP contribution in [0.5, 0.6) is 0 Å². The fourth-order valence-electron chi connectivity index (χ4n) is 11.3. The van der Waals surface area contributed by atoms with Crippen molar-refractivity contribution in [2.24, 2.45) is 0 Å². The van der Waals surface area contributed by atoms with Gasteiger partial charge in [-0.15, -0.1) is 0 Å². The smallest absolute Gasteiger partial charge is 0.308 e. The predicted molar refractivity (Wildman–Crippen MR) is 296 cm³/mol. The Morgan fingerprint density at radius 3 is 1.00 bits per heavy atom. The van der Waals surface area contributed by atoms with Gasteiger partial charge in [-0.1, -0.05) is 127 Å². The lowest BCUT2D eigenvalue weighted by Crippen LogP contribution is -2.12. The van der Waals surface area contributed by atoms with Crippen LogP contribution in [0.2, 0.25) is 0 Å². The van der Waals surface area contributed by atoms with Crippen molar-refractivity contribution in [3.05, 3.63) is 239 Å². The summed E-state index contributed by atoms with van der Waals surface area (Å²) in [7, 11) is 0. The minimum atomic E-state index is -4.87. The van der Waals surface area contributed by atoms with E-state index in [9.17, 15) is 10.5 Å². The van der Waals surface area contributed by atoms with Crippen LogP contribution in [0.1, 0.15) is 38.9 Å². The normalized spacial score (nSPS) is 11.7. The van der Waals surface area contributed by atoms with Crippen LogP contribution in [-0.4, -0.2) is 9.13 Å². The van der Waals surface area contributed by atoms with Crippen LogP contribution in [0.3, 0.4) is 0 Å². The first-order chi connectivity index (χ1) is 35.9. The largest absolute Gasteiger partial charge is 0.417 e. The van der Waals surface area contributed by atoms with Crippen molar-refractivity contribution in [1.29, 1.82) is 10.5 Å². The number of hydrogen-bond donors (Lipinski definition) is 0. The van der Waals surface area contributed by atoms with Crippen molar-refractivity contribution in [3.63, 3.8) is 0 Å². The summed E-state index contributed by atoms with van der Waals surface area (Å²) in [5.74, 6) is 0. The fourth-order valence-corrected chi connectivity index (χ4v) is 11.3. The first-order valence-corrected chi connectivity index (χ1v) is 24.5. The number of halogens is 3. The molecule has 2 aromatic heterocycles. The Kier molecular flexibility index (Phi) is 10.9. The Bertz CT molecular complexity index is 3940. The molecule has 10 aromatic carbocycles. The molecule has 0 fully saturated rings. The molecule has 4 nitrogen and oxygen atoms in total. The van der Waals surface area contributed by atoms with Crippen LogP contribution in [0.4, 0.5) is 13.2 Å². The lowest BCUT2D eigenvalue weighted by atomic mass is 9.90. The summed E-state index contributed by atoms with van der Waals surface area (Å²) >= 11 is 0. The Balaban J connectivity index is 1.26. The maximum absolute atomic E-state index is 15.9. The van der Waals surface area contributed by atoms with Gasteiger partial charge in [0.2, 0.25) is 0 Å². The lowest BCUT2D eigenvalue weighted by Gasteiger charge is -2.24. The highest BCUT2D eigenvalue weighted by molar-refractivity contribution is 6.15. The van der Waals surface area contributed by atoms with Crippen LogP contribution in [-0.2, 0) is 6.18 Å². The summed E-state index contributed by atoms with van der Waals surface area (Å²) in [6.07, 6.45) is -4.87. The zero-order chi connectivity index (χ0) is 51.0. The van der Waals surface area contributed by atoms with E-state index in [-0.39, 0.29) is 22.3 Å². The molecule has 0 aliphatic rings. The number of nitriles is 2. The molecular weight excluding hydrogens is 918 g/mol. The first-order valence-electron chi connectivity index (χ1n) is 24.5. The first kappa shape index (κ1) is 45.7. The molecule has 0 aliphatic carbocycles. The van der Waals surface area contributed by atoms with E-state index < -0.39 is 11.7 Å². The molecule has 0 radical (unpaired) electrons. The highest BCUT2D eigenvalue weighted by atomic mass is 19.4. The molecule has 12 aromatic rings. The fraction of sp³-hybridized carbons (Fsp3) is 0.0746. The molecule has 354 valence electrons. The zero-order valence-corrected chi connectivity index (χ0v) is 41.0. The molecule has 74 heavy (non-hydrogen) atoms. The van der Waals surface area contributed by atoms with Crippen molar-refractivity contribution in [2.75, 3.05) is 0 Å². The number of alkyl halides is 3. The van der Waals surface area contributed by atoms with Crippen molar-refractivity contribution >= 4 is 43.6 Å². The average Bonchev–Trinajstić information content (AvgIpc) is 3.92. The summed E-state index contributed by atoms with van der Waals surface area (Å²) in [5, 5.41) is 25.6. The number of hydrogen-bond acceptors (Lipinski definition) is 2. The molecule has 0 saturated heterocycles. The summed E-state index contributed by atoms with van der Waals surface area (Å²) in [4.78, 5) is 0. The highest BCUT2D eigenvalue weighted by Gasteiger charge is 2.37. The second kappa shape index (κ2) is 17.7. The molecule has 0 spiro atoms. The quantitative estimate of drug-likeness (QED) is 0.160. The van der Waals surface area contributed by atoms with Crippen LogP contribution in [0.15, 0.2) is 200 Å². The zero-order valence-electron chi connectivity index (χ0n) is 41.0. The lowest BCUT2D eigenvalue weighted by molar-refractivity contribution is -0.137. The number of rotatable bonds is 7. The van der Waals surface area contributed by atoms with Gasteiger partial charge in [-0.3, -0.25) is 0 Å². The van der Waals surface area contributed by atoms with E-state index >= 15 is 13.2 Å². The van der Waals surface area contributed by atoms with Gasteiger partial charge in [0.1, 0.15) is 0 Å². The molecule has 0 saturated carbocycles. The summed E-state index contributed by atoms with van der Waals surface area (Å²) in [6, 6.07) is 69.4. The maximum Gasteiger partial charge on any atom is 0.417 e. The molecule has 0 amide bonds. The predicted octanol–water partition coefficient (Wildman–Crippen LogP) is 18.2. The molecule has 0 atom stereocenters. The molecule has 7 heteroatoms. The molecule has 2 heterocycles. The van der Waals surface area contributed by atoms with Crippen LogP contribution >= 0.6 is 0 Å². The third-order valence-electron chi connectivity index (χ3n) is 14.8. The summed E-state index contributed by atoms with van der Waals surface area (Å²) < 4.78 is 51.8. The third kappa shape index (κ3) is 7.44. The van der Waals surface area contributed by atoms with Crippen molar-refractivity contribution < 1.29 is 13.2 Å². The maximum atomic E-state index is 15.9. The van der Waals surface area contributed by atoms with Gasteiger partial charge >= 0.3 is 6.18 Å². The second-order valence-electron chi connectivity index (χ2n) is 19.2. The van der Waals surface area contributed by atoms with Crippen molar-refractivity contribution in [1.82, 2.24) is 9.13 Å². The number of fused-ring (bicyclic) bond motifs is 6.